The largest absolute Gasteiger partial charge is 0.381 e. The molecule has 1 heterocycles. The Morgan fingerprint density at radius 1 is 1.33 bits per heavy atom. The molecule has 1 fully saturated rings. The van der Waals surface area contributed by atoms with Gasteiger partial charge in [0.05, 0.1) is 11.4 Å². The first-order valence-corrected chi connectivity index (χ1v) is 10.2. The molecule has 6 nitrogen and oxygen atoms in total. The summed E-state index contributed by atoms with van der Waals surface area (Å²) in [6.07, 6.45) is 2.04. The maximum Gasteiger partial charge on any atom is 0.241 e. The number of amides is 1. The Hall–Kier alpha value is -1.16. The summed E-state index contributed by atoms with van der Waals surface area (Å²) in [6.45, 7) is 1.67. The highest BCUT2D eigenvalue weighted by atomic mass is 32.2. The van der Waals surface area contributed by atoms with Gasteiger partial charge in [-0.2, -0.15) is 11.8 Å². The zero-order valence-electron chi connectivity index (χ0n) is 13.2. The number of carbonyl (C=O) groups is 1. The van der Waals surface area contributed by atoms with Gasteiger partial charge >= 0.3 is 0 Å². The van der Waals surface area contributed by atoms with E-state index in [4.69, 9.17) is 4.74 Å². The van der Waals surface area contributed by atoms with E-state index in [1.807, 2.05) is 0 Å². The van der Waals surface area contributed by atoms with Crippen LogP contribution in [0.3, 0.4) is 0 Å². The molecule has 0 aliphatic carbocycles. The quantitative estimate of drug-likeness (QED) is 0.665. The van der Waals surface area contributed by atoms with Crippen LogP contribution in [0.1, 0.15) is 12.8 Å². The second kappa shape index (κ2) is 9.36. The molecule has 0 saturated carbocycles. The molecule has 0 bridgehead atoms. The Morgan fingerprint density at radius 3 is 2.79 bits per heavy atom. The summed E-state index contributed by atoms with van der Waals surface area (Å²) in [5, 5.41) is 3.22. The summed E-state index contributed by atoms with van der Waals surface area (Å²) < 4.78 is 44.4. The van der Waals surface area contributed by atoms with Crippen LogP contribution < -0.4 is 10.0 Å². The van der Waals surface area contributed by atoms with E-state index in [2.05, 4.69) is 10.0 Å². The van der Waals surface area contributed by atoms with Crippen LogP contribution in [0.2, 0.25) is 0 Å². The van der Waals surface area contributed by atoms with Gasteiger partial charge in [0.2, 0.25) is 15.9 Å². The van der Waals surface area contributed by atoms with E-state index in [1.54, 1.807) is 11.8 Å². The maximum atomic E-state index is 13.1. The summed E-state index contributed by atoms with van der Waals surface area (Å²) in [5.41, 5.74) is 0. The minimum absolute atomic E-state index is 0.203. The van der Waals surface area contributed by atoms with Gasteiger partial charge in [0.1, 0.15) is 5.82 Å². The van der Waals surface area contributed by atoms with Gasteiger partial charge in [-0.15, -0.1) is 0 Å². The highest BCUT2D eigenvalue weighted by Gasteiger charge is 2.16. The second-order valence-corrected chi connectivity index (χ2v) is 8.49. The van der Waals surface area contributed by atoms with Crippen LogP contribution in [0, 0.1) is 5.82 Å². The molecule has 134 valence electrons. The van der Waals surface area contributed by atoms with Gasteiger partial charge < -0.3 is 10.1 Å². The Balaban J connectivity index is 1.67. The van der Waals surface area contributed by atoms with Crippen molar-refractivity contribution in [1.29, 1.82) is 0 Å². The fraction of sp³-hybridized carbons (Fsp3) is 0.533. The van der Waals surface area contributed by atoms with Gasteiger partial charge in [-0.25, -0.2) is 17.5 Å². The Bertz CT molecular complexity index is 649. The van der Waals surface area contributed by atoms with Crippen LogP contribution in [0.4, 0.5) is 4.39 Å². The zero-order chi connectivity index (χ0) is 17.4. The average Bonchev–Trinajstić information content (AvgIpc) is 2.58. The van der Waals surface area contributed by atoms with E-state index in [9.17, 15) is 17.6 Å². The first-order valence-electron chi connectivity index (χ1n) is 7.68. The third kappa shape index (κ3) is 6.39. The van der Waals surface area contributed by atoms with E-state index >= 15 is 0 Å². The SMILES string of the molecule is O=C(CNS(=O)(=O)c1cccc(F)c1)NCCSC1CCOCC1. The number of hydrogen-bond acceptors (Lipinski definition) is 5. The number of rotatable bonds is 8. The lowest BCUT2D eigenvalue weighted by molar-refractivity contribution is -0.119. The molecule has 1 aliphatic rings. The van der Waals surface area contributed by atoms with E-state index in [0.717, 1.165) is 43.9 Å². The molecule has 1 saturated heterocycles. The van der Waals surface area contributed by atoms with Gasteiger partial charge in [0, 0.05) is 30.8 Å². The van der Waals surface area contributed by atoms with Crippen LogP contribution in [-0.4, -0.2) is 51.6 Å². The number of halogens is 1. The fourth-order valence-corrected chi connectivity index (χ4v) is 4.29. The normalized spacial score (nSPS) is 16.0. The van der Waals surface area contributed by atoms with Gasteiger partial charge in [-0.1, -0.05) is 6.07 Å². The van der Waals surface area contributed by atoms with Crippen LogP contribution in [0.25, 0.3) is 0 Å². The lowest BCUT2D eigenvalue weighted by Gasteiger charge is -2.21. The molecular formula is C15H21FN2O4S2. The van der Waals surface area contributed by atoms with Gasteiger partial charge in [-0.05, 0) is 31.0 Å². The summed E-state index contributed by atoms with van der Waals surface area (Å²) in [7, 11) is -3.90. The van der Waals surface area contributed by atoms with Gasteiger partial charge in [0.15, 0.2) is 0 Å². The standard InChI is InChI=1S/C15H21FN2O4S2/c16-12-2-1-3-14(10-12)24(20,21)18-11-15(19)17-6-9-23-13-4-7-22-8-5-13/h1-3,10,13,18H,4-9,11H2,(H,17,19). The van der Waals surface area contributed by atoms with Gasteiger partial charge in [-0.3, -0.25) is 4.79 Å². The first kappa shape index (κ1) is 19.2. The monoisotopic (exact) mass is 376 g/mol. The molecule has 1 amide bonds. The third-order valence-electron chi connectivity index (χ3n) is 3.48. The number of ether oxygens (including phenoxy) is 1. The van der Waals surface area contributed by atoms with Crippen molar-refractivity contribution in [3.63, 3.8) is 0 Å². The van der Waals surface area contributed by atoms with E-state index in [1.165, 1.54) is 12.1 Å². The van der Waals surface area contributed by atoms with Crippen molar-refractivity contribution >= 4 is 27.7 Å². The third-order valence-corrected chi connectivity index (χ3v) is 6.26. The van der Waals surface area contributed by atoms with E-state index < -0.39 is 21.7 Å². The van der Waals surface area contributed by atoms with Crippen LogP contribution in [0.5, 0.6) is 0 Å². The van der Waals surface area contributed by atoms with E-state index in [-0.39, 0.29) is 11.4 Å². The van der Waals surface area contributed by atoms with Crippen LogP contribution in [0.15, 0.2) is 29.2 Å². The number of hydrogen-bond donors (Lipinski definition) is 2. The highest BCUT2D eigenvalue weighted by Crippen LogP contribution is 2.21. The molecular weight excluding hydrogens is 355 g/mol. The molecule has 0 aromatic heterocycles. The fourth-order valence-electron chi connectivity index (χ4n) is 2.20. The molecule has 2 N–H and O–H groups in total. The highest BCUT2D eigenvalue weighted by molar-refractivity contribution is 7.99. The molecule has 1 aliphatic heterocycles. The maximum absolute atomic E-state index is 13.1. The molecule has 0 radical (unpaired) electrons. The minimum Gasteiger partial charge on any atom is -0.381 e. The number of benzene rings is 1. The predicted molar refractivity (Wildman–Crippen MR) is 90.9 cm³/mol. The van der Waals surface area contributed by atoms with Crippen molar-refractivity contribution in [1.82, 2.24) is 10.0 Å². The second-order valence-electron chi connectivity index (χ2n) is 5.31. The minimum atomic E-state index is -3.90. The van der Waals surface area contributed by atoms with Crippen molar-refractivity contribution in [2.75, 3.05) is 32.1 Å². The van der Waals surface area contributed by atoms with Crippen molar-refractivity contribution in [2.24, 2.45) is 0 Å². The summed E-state index contributed by atoms with van der Waals surface area (Å²) >= 11 is 1.79. The van der Waals surface area contributed by atoms with Crippen molar-refractivity contribution in [3.05, 3.63) is 30.1 Å². The first-order chi connectivity index (χ1) is 11.5. The molecule has 1 aromatic carbocycles. The molecule has 9 heteroatoms. The zero-order valence-corrected chi connectivity index (χ0v) is 14.8. The Kier molecular flexibility index (Phi) is 7.47. The van der Waals surface area contributed by atoms with Crippen LogP contribution >= 0.6 is 11.8 Å². The van der Waals surface area contributed by atoms with Crippen molar-refractivity contribution in [3.8, 4) is 0 Å². The van der Waals surface area contributed by atoms with Gasteiger partial charge in [0.25, 0.3) is 0 Å². The lowest BCUT2D eigenvalue weighted by Crippen LogP contribution is -2.38. The molecule has 0 atom stereocenters. The summed E-state index contributed by atoms with van der Waals surface area (Å²) in [4.78, 5) is 11.5. The molecule has 0 unspecified atom stereocenters. The summed E-state index contributed by atoms with van der Waals surface area (Å²) in [5.74, 6) is -0.289. The Labute approximate surface area is 145 Å². The topological polar surface area (TPSA) is 84.5 Å². The molecule has 24 heavy (non-hydrogen) atoms. The van der Waals surface area contributed by atoms with Crippen LogP contribution in [-0.2, 0) is 19.6 Å². The Morgan fingerprint density at radius 2 is 2.08 bits per heavy atom. The molecule has 1 aromatic rings. The number of carbonyl (C=O) groups excluding carboxylic acids is 1. The number of nitrogens with one attached hydrogen (secondary N) is 2. The predicted octanol–water partition coefficient (Wildman–Crippen LogP) is 1.13. The van der Waals surface area contributed by atoms with Crippen molar-refractivity contribution in [2.45, 2.75) is 23.0 Å². The summed E-state index contributed by atoms with van der Waals surface area (Å²) in [6, 6.07) is 4.64. The molecule has 0 spiro atoms. The van der Waals surface area contributed by atoms with E-state index in [0.29, 0.717) is 11.8 Å². The lowest BCUT2D eigenvalue weighted by atomic mass is 10.2. The number of sulfonamides is 1. The molecule has 2 rings (SSSR count). The smallest absolute Gasteiger partial charge is 0.241 e. The number of thioether (sulfide) groups is 1. The van der Waals surface area contributed by atoms with Crippen molar-refractivity contribution < 1.29 is 22.3 Å². The average molecular weight is 376 g/mol.